The van der Waals surface area contributed by atoms with Crippen molar-refractivity contribution in [2.75, 3.05) is 12.4 Å². The number of carbonyl (C=O) groups is 1. The number of hydrogen-bond donors (Lipinski definition) is 1. The van der Waals surface area contributed by atoms with Crippen LogP contribution >= 0.6 is 11.3 Å². The molecule has 0 saturated heterocycles. The van der Waals surface area contributed by atoms with Gasteiger partial charge in [-0.05, 0) is 30.3 Å². The van der Waals surface area contributed by atoms with Crippen LogP contribution in [0, 0.1) is 0 Å². The molecule has 0 fully saturated rings. The maximum absolute atomic E-state index is 12.8. The Labute approximate surface area is 151 Å². The SMILES string of the molecule is COC(=O)c1cccc(-c2csc(Nc3cccc(C(F)(F)F)c3)n2)c1. The van der Waals surface area contributed by atoms with Crippen molar-refractivity contribution >= 4 is 28.1 Å². The van der Waals surface area contributed by atoms with E-state index in [4.69, 9.17) is 0 Å². The Morgan fingerprint density at radius 3 is 2.65 bits per heavy atom. The van der Waals surface area contributed by atoms with Gasteiger partial charge in [0, 0.05) is 16.6 Å². The van der Waals surface area contributed by atoms with Crippen LogP contribution in [0.3, 0.4) is 0 Å². The van der Waals surface area contributed by atoms with Crippen molar-refractivity contribution < 1.29 is 22.7 Å². The zero-order chi connectivity index (χ0) is 18.7. The molecular weight excluding hydrogens is 365 g/mol. The zero-order valence-corrected chi connectivity index (χ0v) is 14.3. The van der Waals surface area contributed by atoms with Crippen LogP contribution in [-0.4, -0.2) is 18.1 Å². The van der Waals surface area contributed by atoms with Gasteiger partial charge in [-0.3, -0.25) is 0 Å². The first-order valence-electron chi connectivity index (χ1n) is 7.45. The van der Waals surface area contributed by atoms with E-state index in [2.05, 4.69) is 15.0 Å². The van der Waals surface area contributed by atoms with Crippen LogP contribution < -0.4 is 5.32 Å². The quantitative estimate of drug-likeness (QED) is 0.621. The Balaban J connectivity index is 1.82. The van der Waals surface area contributed by atoms with Gasteiger partial charge in [0.05, 0.1) is 23.9 Å². The topological polar surface area (TPSA) is 51.2 Å². The minimum atomic E-state index is -4.40. The summed E-state index contributed by atoms with van der Waals surface area (Å²) in [6.07, 6.45) is -4.40. The van der Waals surface area contributed by atoms with Gasteiger partial charge < -0.3 is 10.1 Å². The number of aromatic nitrogens is 1. The number of methoxy groups -OCH3 is 1. The van der Waals surface area contributed by atoms with Crippen LogP contribution in [0.25, 0.3) is 11.3 Å². The molecule has 3 aromatic rings. The number of halogens is 3. The number of esters is 1. The third-order valence-electron chi connectivity index (χ3n) is 3.52. The molecule has 0 radical (unpaired) electrons. The number of hydrogen-bond acceptors (Lipinski definition) is 5. The fourth-order valence-electron chi connectivity index (χ4n) is 2.28. The molecule has 8 heteroatoms. The van der Waals surface area contributed by atoms with Crippen molar-refractivity contribution in [3.63, 3.8) is 0 Å². The molecule has 26 heavy (non-hydrogen) atoms. The largest absolute Gasteiger partial charge is 0.465 e. The van der Waals surface area contributed by atoms with Crippen molar-refractivity contribution in [3.05, 3.63) is 65.0 Å². The maximum atomic E-state index is 12.8. The molecule has 0 spiro atoms. The van der Waals surface area contributed by atoms with E-state index in [1.807, 2.05) is 0 Å². The second kappa shape index (κ2) is 7.17. The highest BCUT2D eigenvalue weighted by Gasteiger charge is 2.30. The summed E-state index contributed by atoms with van der Waals surface area (Å²) >= 11 is 1.25. The van der Waals surface area contributed by atoms with Gasteiger partial charge in [-0.2, -0.15) is 13.2 Å². The number of benzene rings is 2. The van der Waals surface area contributed by atoms with Gasteiger partial charge in [0.2, 0.25) is 0 Å². The Morgan fingerprint density at radius 2 is 1.92 bits per heavy atom. The standard InChI is InChI=1S/C18H13F3N2O2S/c1-25-16(24)12-5-2-4-11(8-12)15-10-26-17(23-15)22-14-7-3-6-13(9-14)18(19,20)21/h2-10H,1H3,(H,22,23). The third kappa shape index (κ3) is 4.02. The molecule has 0 aliphatic heterocycles. The first kappa shape index (κ1) is 17.9. The molecule has 1 aromatic heterocycles. The van der Waals surface area contributed by atoms with Crippen LogP contribution in [0.15, 0.2) is 53.9 Å². The minimum absolute atomic E-state index is 0.295. The van der Waals surface area contributed by atoms with Crippen LogP contribution in [0.4, 0.5) is 24.0 Å². The van der Waals surface area contributed by atoms with E-state index in [9.17, 15) is 18.0 Å². The summed E-state index contributed by atoms with van der Waals surface area (Å²) in [5.41, 5.74) is 1.27. The Morgan fingerprint density at radius 1 is 1.15 bits per heavy atom. The molecule has 3 rings (SSSR count). The molecule has 0 aliphatic carbocycles. The molecule has 0 saturated carbocycles. The molecule has 0 amide bonds. The van der Waals surface area contributed by atoms with E-state index in [-0.39, 0.29) is 0 Å². The van der Waals surface area contributed by atoms with E-state index in [1.165, 1.54) is 30.6 Å². The van der Waals surface area contributed by atoms with Crippen molar-refractivity contribution in [2.24, 2.45) is 0 Å². The molecule has 0 bridgehead atoms. The van der Waals surface area contributed by atoms with Crippen LogP contribution in [0.2, 0.25) is 0 Å². The normalized spacial score (nSPS) is 11.2. The molecule has 4 nitrogen and oxygen atoms in total. The summed E-state index contributed by atoms with van der Waals surface area (Å²) in [4.78, 5) is 16.0. The fraction of sp³-hybridized carbons (Fsp3) is 0.111. The van der Waals surface area contributed by atoms with Gasteiger partial charge >= 0.3 is 12.1 Å². The molecular formula is C18H13F3N2O2S. The summed E-state index contributed by atoms with van der Waals surface area (Å²) in [5, 5.41) is 5.07. The number of nitrogens with zero attached hydrogens (tertiary/aromatic N) is 1. The maximum Gasteiger partial charge on any atom is 0.416 e. The number of carbonyl (C=O) groups excluding carboxylic acids is 1. The monoisotopic (exact) mass is 378 g/mol. The lowest BCUT2D eigenvalue weighted by Gasteiger charge is -2.09. The number of ether oxygens (including phenoxy) is 1. The van der Waals surface area contributed by atoms with E-state index in [1.54, 1.807) is 29.6 Å². The Hall–Kier alpha value is -2.87. The highest BCUT2D eigenvalue weighted by Crippen LogP contribution is 2.32. The molecule has 0 atom stereocenters. The predicted octanol–water partition coefficient (Wildman–Crippen LogP) is 5.36. The smallest absolute Gasteiger partial charge is 0.416 e. The van der Waals surface area contributed by atoms with Gasteiger partial charge in [-0.25, -0.2) is 9.78 Å². The number of nitrogens with one attached hydrogen (secondary N) is 1. The fourth-order valence-corrected chi connectivity index (χ4v) is 3.02. The van der Waals surface area contributed by atoms with Gasteiger partial charge in [-0.15, -0.1) is 11.3 Å². The van der Waals surface area contributed by atoms with E-state index < -0.39 is 17.7 Å². The highest BCUT2D eigenvalue weighted by atomic mass is 32.1. The molecule has 1 heterocycles. The average Bonchev–Trinajstić information content (AvgIpc) is 3.09. The zero-order valence-electron chi connectivity index (χ0n) is 13.5. The third-order valence-corrected chi connectivity index (χ3v) is 4.28. The minimum Gasteiger partial charge on any atom is -0.465 e. The lowest BCUT2D eigenvalue weighted by molar-refractivity contribution is -0.137. The molecule has 0 unspecified atom stereocenters. The van der Waals surface area contributed by atoms with Gasteiger partial charge in [0.25, 0.3) is 0 Å². The lowest BCUT2D eigenvalue weighted by Crippen LogP contribution is -2.05. The van der Waals surface area contributed by atoms with Crippen molar-refractivity contribution in [2.45, 2.75) is 6.18 Å². The number of anilines is 2. The second-order valence-corrected chi connectivity index (χ2v) is 6.17. The first-order chi connectivity index (χ1) is 12.4. The second-order valence-electron chi connectivity index (χ2n) is 5.31. The number of rotatable bonds is 4. The van der Waals surface area contributed by atoms with Crippen LogP contribution in [0.1, 0.15) is 15.9 Å². The molecule has 0 aliphatic rings. The summed E-state index contributed by atoms with van der Waals surface area (Å²) < 4.78 is 43.0. The summed E-state index contributed by atoms with van der Waals surface area (Å²) in [5.74, 6) is -0.454. The van der Waals surface area contributed by atoms with Gasteiger partial charge in [0.1, 0.15) is 0 Å². The first-order valence-corrected chi connectivity index (χ1v) is 8.33. The van der Waals surface area contributed by atoms with Gasteiger partial charge in [-0.1, -0.05) is 18.2 Å². The Bertz CT molecular complexity index is 938. The van der Waals surface area contributed by atoms with Crippen molar-refractivity contribution in [1.29, 1.82) is 0 Å². The lowest BCUT2D eigenvalue weighted by atomic mass is 10.1. The van der Waals surface area contributed by atoms with Crippen molar-refractivity contribution in [3.8, 4) is 11.3 Å². The predicted molar refractivity (Wildman–Crippen MR) is 93.6 cm³/mol. The van der Waals surface area contributed by atoms with E-state index in [0.717, 1.165) is 12.1 Å². The van der Waals surface area contributed by atoms with Crippen molar-refractivity contribution in [1.82, 2.24) is 4.98 Å². The summed E-state index contributed by atoms with van der Waals surface area (Å²) in [7, 11) is 1.30. The molecule has 2 aromatic carbocycles. The van der Waals surface area contributed by atoms with E-state index >= 15 is 0 Å². The summed E-state index contributed by atoms with van der Waals surface area (Å²) in [6.45, 7) is 0. The molecule has 1 N–H and O–H groups in total. The van der Waals surface area contributed by atoms with Crippen LogP contribution in [-0.2, 0) is 10.9 Å². The van der Waals surface area contributed by atoms with Gasteiger partial charge in [0.15, 0.2) is 5.13 Å². The van der Waals surface area contributed by atoms with E-state index in [0.29, 0.717) is 27.6 Å². The average molecular weight is 378 g/mol. The molecule has 134 valence electrons. The number of alkyl halides is 3. The Kier molecular flexibility index (Phi) is 4.94. The highest BCUT2D eigenvalue weighted by molar-refractivity contribution is 7.14. The number of thiazole rings is 1. The summed E-state index contributed by atoms with van der Waals surface area (Å²) in [6, 6.07) is 11.7. The van der Waals surface area contributed by atoms with Crippen LogP contribution in [0.5, 0.6) is 0 Å².